The Bertz CT molecular complexity index is 923. The molecule has 1 N–H and O–H groups in total. The molecular weight excluding hydrogens is 346 g/mol. The van der Waals surface area contributed by atoms with Gasteiger partial charge in [0, 0.05) is 5.56 Å². The first-order valence-corrected chi connectivity index (χ1v) is 10.2. The summed E-state index contributed by atoms with van der Waals surface area (Å²) < 4.78 is 27.6. The van der Waals surface area contributed by atoms with Gasteiger partial charge in [-0.25, -0.2) is 8.42 Å². The predicted octanol–water partition coefficient (Wildman–Crippen LogP) is 1.26. The van der Waals surface area contributed by atoms with Gasteiger partial charge in [0.15, 0.2) is 0 Å². The van der Waals surface area contributed by atoms with E-state index in [1.165, 1.54) is 10.5 Å². The van der Waals surface area contributed by atoms with Crippen LogP contribution in [0.2, 0.25) is 0 Å². The standard InChI is InChI=1S/C20H23N3O2S/c1-16-3-4-17(2)20(13-16)26(24,25)23-11-9-22(10-12-23)15-19-7-5-18(14-21)6-8-19/h3-8,13H,9-12,15H2,1-2H3/p+1. The molecule has 2 aromatic rings. The van der Waals surface area contributed by atoms with Crippen LogP contribution >= 0.6 is 0 Å². The van der Waals surface area contributed by atoms with Gasteiger partial charge in [-0.3, -0.25) is 0 Å². The minimum absolute atomic E-state index is 0.424. The van der Waals surface area contributed by atoms with E-state index in [1.807, 2.05) is 50.2 Å². The molecule has 0 amide bonds. The van der Waals surface area contributed by atoms with Crippen LogP contribution in [0.25, 0.3) is 0 Å². The number of nitrogens with zero attached hydrogens (tertiary/aromatic N) is 2. The molecule has 1 heterocycles. The van der Waals surface area contributed by atoms with E-state index in [4.69, 9.17) is 5.26 Å². The van der Waals surface area contributed by atoms with Crippen molar-refractivity contribution >= 4 is 10.0 Å². The Morgan fingerprint density at radius 1 is 1.08 bits per heavy atom. The molecule has 5 nitrogen and oxygen atoms in total. The van der Waals surface area contributed by atoms with Crippen LogP contribution in [0.5, 0.6) is 0 Å². The van der Waals surface area contributed by atoms with E-state index in [1.54, 1.807) is 10.4 Å². The number of sulfonamides is 1. The lowest BCUT2D eigenvalue weighted by Gasteiger charge is -2.32. The molecule has 1 aliphatic rings. The molecule has 3 rings (SSSR count). The third-order valence-electron chi connectivity index (χ3n) is 4.93. The summed E-state index contributed by atoms with van der Waals surface area (Å²) in [5, 5.41) is 8.87. The molecule has 0 aromatic heterocycles. The highest BCUT2D eigenvalue weighted by Gasteiger charge is 2.31. The Hall–Kier alpha value is -2.20. The van der Waals surface area contributed by atoms with Crippen molar-refractivity contribution in [3.63, 3.8) is 0 Å². The van der Waals surface area contributed by atoms with Crippen LogP contribution in [0.3, 0.4) is 0 Å². The molecule has 0 bridgehead atoms. The van der Waals surface area contributed by atoms with Gasteiger partial charge >= 0.3 is 0 Å². The molecular formula is C20H24N3O2S+. The van der Waals surface area contributed by atoms with E-state index < -0.39 is 10.0 Å². The Morgan fingerprint density at radius 3 is 2.35 bits per heavy atom. The zero-order chi connectivity index (χ0) is 18.7. The minimum Gasteiger partial charge on any atom is -0.329 e. The number of quaternary nitrogens is 1. The van der Waals surface area contributed by atoms with Crippen molar-refractivity contribution in [2.45, 2.75) is 25.3 Å². The molecule has 0 unspecified atom stereocenters. The summed E-state index contributed by atoms with van der Waals surface area (Å²) in [4.78, 5) is 1.79. The lowest BCUT2D eigenvalue weighted by Crippen LogP contribution is -3.13. The SMILES string of the molecule is Cc1ccc(C)c(S(=O)(=O)N2CC[NH+](Cc3ccc(C#N)cc3)CC2)c1. The van der Waals surface area contributed by atoms with Crippen LogP contribution in [0.15, 0.2) is 47.4 Å². The summed E-state index contributed by atoms with van der Waals surface area (Å²) in [7, 11) is -3.44. The Kier molecular flexibility index (Phi) is 5.42. The maximum Gasteiger partial charge on any atom is 0.243 e. The third-order valence-corrected chi connectivity index (χ3v) is 6.97. The van der Waals surface area contributed by atoms with Crippen molar-refractivity contribution in [1.29, 1.82) is 5.26 Å². The van der Waals surface area contributed by atoms with Gasteiger partial charge in [-0.05, 0) is 43.2 Å². The summed E-state index contributed by atoms with van der Waals surface area (Å²) in [6.45, 7) is 7.23. The zero-order valence-corrected chi connectivity index (χ0v) is 16.0. The summed E-state index contributed by atoms with van der Waals surface area (Å²) in [5.74, 6) is 0. The number of benzene rings is 2. The fourth-order valence-electron chi connectivity index (χ4n) is 3.33. The fraction of sp³-hybridized carbons (Fsp3) is 0.350. The normalized spacial score (nSPS) is 16.3. The molecule has 0 spiro atoms. The average Bonchev–Trinajstić information content (AvgIpc) is 2.65. The van der Waals surface area contributed by atoms with Gasteiger partial charge in [0.2, 0.25) is 10.0 Å². The first-order valence-electron chi connectivity index (χ1n) is 8.80. The van der Waals surface area contributed by atoms with Gasteiger partial charge in [-0.2, -0.15) is 9.57 Å². The Balaban J connectivity index is 1.66. The second kappa shape index (κ2) is 7.58. The molecule has 1 fully saturated rings. The molecule has 1 saturated heterocycles. The third kappa shape index (κ3) is 3.96. The molecule has 2 aromatic carbocycles. The molecule has 136 valence electrons. The van der Waals surface area contributed by atoms with E-state index >= 15 is 0 Å². The van der Waals surface area contributed by atoms with Gasteiger partial charge in [-0.1, -0.05) is 24.3 Å². The number of nitrogens with one attached hydrogen (secondary N) is 1. The number of aryl methyl sites for hydroxylation is 2. The highest BCUT2D eigenvalue weighted by Crippen LogP contribution is 2.21. The van der Waals surface area contributed by atoms with E-state index in [0.717, 1.165) is 30.8 Å². The van der Waals surface area contributed by atoms with Gasteiger partial charge in [0.1, 0.15) is 6.54 Å². The highest BCUT2D eigenvalue weighted by atomic mass is 32.2. The topological polar surface area (TPSA) is 65.6 Å². The second-order valence-corrected chi connectivity index (χ2v) is 8.81. The molecule has 0 saturated carbocycles. The molecule has 26 heavy (non-hydrogen) atoms. The second-order valence-electron chi connectivity index (χ2n) is 6.91. The van der Waals surface area contributed by atoms with E-state index in [0.29, 0.717) is 23.5 Å². The van der Waals surface area contributed by atoms with Crippen LogP contribution in [0, 0.1) is 25.2 Å². The van der Waals surface area contributed by atoms with Crippen molar-refractivity contribution in [2.24, 2.45) is 0 Å². The summed E-state index contributed by atoms with van der Waals surface area (Å²) >= 11 is 0. The number of nitriles is 1. The highest BCUT2D eigenvalue weighted by molar-refractivity contribution is 7.89. The van der Waals surface area contributed by atoms with Crippen molar-refractivity contribution in [2.75, 3.05) is 26.2 Å². The molecule has 0 radical (unpaired) electrons. The van der Waals surface area contributed by atoms with Crippen LogP contribution in [0.1, 0.15) is 22.3 Å². The number of hydrogen-bond donors (Lipinski definition) is 1. The number of piperazine rings is 1. The van der Waals surface area contributed by atoms with E-state index in [-0.39, 0.29) is 0 Å². The lowest BCUT2D eigenvalue weighted by molar-refractivity contribution is -0.917. The molecule has 0 aliphatic carbocycles. The summed E-state index contributed by atoms with van der Waals surface area (Å²) in [5.41, 5.74) is 3.58. The van der Waals surface area contributed by atoms with Crippen LogP contribution in [-0.2, 0) is 16.6 Å². The predicted molar refractivity (Wildman–Crippen MR) is 100 cm³/mol. The van der Waals surface area contributed by atoms with E-state index in [9.17, 15) is 8.42 Å². The zero-order valence-electron chi connectivity index (χ0n) is 15.2. The molecule has 0 atom stereocenters. The smallest absolute Gasteiger partial charge is 0.243 e. The molecule has 6 heteroatoms. The van der Waals surface area contributed by atoms with Crippen molar-refractivity contribution in [3.8, 4) is 6.07 Å². The maximum absolute atomic E-state index is 13.0. The van der Waals surface area contributed by atoms with Gasteiger partial charge in [0.05, 0.1) is 42.7 Å². The quantitative estimate of drug-likeness (QED) is 0.881. The average molecular weight is 370 g/mol. The van der Waals surface area contributed by atoms with Crippen LogP contribution < -0.4 is 4.90 Å². The monoisotopic (exact) mass is 370 g/mol. The van der Waals surface area contributed by atoms with Crippen molar-refractivity contribution in [1.82, 2.24) is 4.31 Å². The Morgan fingerprint density at radius 2 is 1.73 bits per heavy atom. The molecule has 1 aliphatic heterocycles. The first kappa shape index (κ1) is 18.6. The first-order chi connectivity index (χ1) is 12.4. The fourth-order valence-corrected chi connectivity index (χ4v) is 5.08. The number of hydrogen-bond acceptors (Lipinski definition) is 3. The van der Waals surface area contributed by atoms with Gasteiger partial charge in [0.25, 0.3) is 0 Å². The Labute approximate surface area is 155 Å². The van der Waals surface area contributed by atoms with Crippen molar-refractivity contribution in [3.05, 3.63) is 64.7 Å². The van der Waals surface area contributed by atoms with Crippen LogP contribution in [-0.4, -0.2) is 38.9 Å². The maximum atomic E-state index is 13.0. The number of rotatable bonds is 4. The van der Waals surface area contributed by atoms with Crippen molar-refractivity contribution < 1.29 is 13.3 Å². The largest absolute Gasteiger partial charge is 0.329 e. The van der Waals surface area contributed by atoms with Gasteiger partial charge in [-0.15, -0.1) is 0 Å². The lowest BCUT2D eigenvalue weighted by atomic mass is 10.1. The summed E-state index contributed by atoms with van der Waals surface area (Å²) in [6, 6.07) is 15.3. The minimum atomic E-state index is -3.44. The van der Waals surface area contributed by atoms with E-state index in [2.05, 4.69) is 6.07 Å². The van der Waals surface area contributed by atoms with Gasteiger partial charge < -0.3 is 4.90 Å². The van der Waals surface area contributed by atoms with Crippen LogP contribution in [0.4, 0.5) is 0 Å². The summed E-state index contributed by atoms with van der Waals surface area (Å²) in [6.07, 6.45) is 0.